The molecule has 0 fully saturated rings. The number of amides is 1. The zero-order chi connectivity index (χ0) is 17.2. The topological polar surface area (TPSA) is 51.2 Å². The van der Waals surface area contributed by atoms with Crippen molar-refractivity contribution in [3.05, 3.63) is 69.6 Å². The molecular formula is C19H15ClN2O2S. The number of pyridine rings is 1. The lowest BCUT2D eigenvalue weighted by Crippen LogP contribution is -2.34. The average Bonchev–Trinajstić information content (AvgIpc) is 3.30. The number of fused-ring (bicyclic) bond motifs is 1. The van der Waals surface area contributed by atoms with Crippen molar-refractivity contribution in [1.29, 1.82) is 0 Å². The van der Waals surface area contributed by atoms with Crippen LogP contribution >= 0.6 is 22.9 Å². The minimum atomic E-state index is -0.204. The molecule has 1 aliphatic rings. The summed E-state index contributed by atoms with van der Waals surface area (Å²) in [5.74, 6) is 0.517. The number of benzene rings is 1. The Labute approximate surface area is 154 Å². The van der Waals surface area contributed by atoms with Gasteiger partial charge in [-0.25, -0.2) is 0 Å². The summed E-state index contributed by atoms with van der Waals surface area (Å²) in [7, 11) is 0. The molecule has 0 aliphatic carbocycles. The van der Waals surface area contributed by atoms with E-state index < -0.39 is 0 Å². The van der Waals surface area contributed by atoms with Gasteiger partial charge in [-0.3, -0.25) is 9.78 Å². The Bertz CT molecular complexity index is 897. The van der Waals surface area contributed by atoms with Crippen molar-refractivity contribution in [2.45, 2.75) is 12.5 Å². The molecular weight excluding hydrogens is 356 g/mol. The molecule has 25 heavy (non-hydrogen) atoms. The molecule has 1 amide bonds. The van der Waals surface area contributed by atoms with Crippen molar-refractivity contribution < 1.29 is 9.53 Å². The first-order valence-corrected chi connectivity index (χ1v) is 9.23. The van der Waals surface area contributed by atoms with Gasteiger partial charge in [0.25, 0.3) is 5.91 Å². The van der Waals surface area contributed by atoms with Gasteiger partial charge in [0.05, 0.1) is 11.6 Å². The predicted molar refractivity (Wildman–Crippen MR) is 99.5 cm³/mol. The normalized spacial score (nSPS) is 15.5. The van der Waals surface area contributed by atoms with Gasteiger partial charge in [-0.05, 0) is 52.2 Å². The van der Waals surface area contributed by atoms with Gasteiger partial charge in [0.15, 0.2) is 0 Å². The van der Waals surface area contributed by atoms with Crippen LogP contribution in [-0.2, 0) is 6.42 Å². The highest BCUT2D eigenvalue weighted by atomic mass is 35.5. The fourth-order valence-corrected chi connectivity index (χ4v) is 3.84. The van der Waals surface area contributed by atoms with E-state index in [1.54, 1.807) is 35.7 Å². The molecule has 2 aromatic heterocycles. The minimum Gasteiger partial charge on any atom is -0.486 e. The fraction of sp³-hybridized carbons (Fsp3) is 0.158. The maximum Gasteiger partial charge on any atom is 0.270 e. The van der Waals surface area contributed by atoms with Crippen molar-refractivity contribution in [2.24, 2.45) is 0 Å². The van der Waals surface area contributed by atoms with Gasteiger partial charge in [-0.1, -0.05) is 17.7 Å². The van der Waals surface area contributed by atoms with Crippen molar-refractivity contribution in [3.8, 4) is 16.9 Å². The summed E-state index contributed by atoms with van der Waals surface area (Å²) >= 11 is 8.05. The molecule has 3 aromatic rings. The molecule has 0 unspecified atom stereocenters. The summed E-state index contributed by atoms with van der Waals surface area (Å²) in [6.45, 7) is 0.411. The van der Waals surface area contributed by atoms with Crippen LogP contribution in [-0.4, -0.2) is 23.5 Å². The van der Waals surface area contributed by atoms with E-state index in [2.05, 4.69) is 27.8 Å². The number of aromatic nitrogens is 1. The molecule has 0 saturated carbocycles. The largest absolute Gasteiger partial charge is 0.486 e. The number of nitrogens with one attached hydrogen (secondary N) is 1. The molecule has 1 N–H and O–H groups in total. The second-order valence-corrected chi connectivity index (χ2v) is 7.01. The highest BCUT2D eigenvalue weighted by Crippen LogP contribution is 2.39. The second kappa shape index (κ2) is 6.86. The van der Waals surface area contributed by atoms with Gasteiger partial charge in [-0.2, -0.15) is 11.3 Å². The summed E-state index contributed by atoms with van der Waals surface area (Å²) in [5, 5.41) is 7.62. The maximum atomic E-state index is 12.1. The van der Waals surface area contributed by atoms with Crippen LogP contribution in [0.3, 0.4) is 0 Å². The van der Waals surface area contributed by atoms with E-state index >= 15 is 0 Å². The van der Waals surface area contributed by atoms with E-state index in [-0.39, 0.29) is 12.0 Å². The fourth-order valence-electron chi connectivity index (χ4n) is 2.89. The molecule has 1 atom stereocenters. The van der Waals surface area contributed by atoms with E-state index in [0.29, 0.717) is 17.3 Å². The molecule has 4 rings (SSSR count). The van der Waals surface area contributed by atoms with Crippen LogP contribution in [0.5, 0.6) is 5.75 Å². The van der Waals surface area contributed by atoms with Crippen LogP contribution in [0.1, 0.15) is 16.1 Å². The number of nitrogens with zero attached hydrogens (tertiary/aromatic N) is 1. The Morgan fingerprint density at radius 3 is 3.00 bits per heavy atom. The highest BCUT2D eigenvalue weighted by Gasteiger charge is 2.26. The maximum absolute atomic E-state index is 12.1. The Hall–Kier alpha value is -2.37. The summed E-state index contributed by atoms with van der Waals surface area (Å²) in [4.78, 5) is 16.1. The van der Waals surface area contributed by atoms with Gasteiger partial charge in [0, 0.05) is 18.2 Å². The molecule has 0 bridgehead atoms. The van der Waals surface area contributed by atoms with Crippen LogP contribution in [0.4, 0.5) is 0 Å². The van der Waals surface area contributed by atoms with E-state index in [1.807, 2.05) is 11.4 Å². The third-order valence-corrected chi connectivity index (χ3v) is 5.06. The van der Waals surface area contributed by atoms with E-state index in [1.165, 1.54) is 0 Å². The van der Waals surface area contributed by atoms with Crippen molar-refractivity contribution >= 4 is 28.8 Å². The molecule has 6 heteroatoms. The molecule has 126 valence electrons. The number of rotatable bonds is 4. The molecule has 0 spiro atoms. The number of hydrogen-bond acceptors (Lipinski definition) is 4. The van der Waals surface area contributed by atoms with Crippen molar-refractivity contribution in [1.82, 2.24) is 10.3 Å². The van der Waals surface area contributed by atoms with E-state index in [9.17, 15) is 4.79 Å². The first kappa shape index (κ1) is 16.1. The molecule has 4 nitrogen and oxygen atoms in total. The van der Waals surface area contributed by atoms with Crippen LogP contribution in [0, 0.1) is 0 Å². The van der Waals surface area contributed by atoms with Gasteiger partial charge in [0.1, 0.15) is 17.5 Å². The lowest BCUT2D eigenvalue weighted by Gasteiger charge is -2.12. The monoisotopic (exact) mass is 370 g/mol. The Morgan fingerprint density at radius 1 is 1.32 bits per heavy atom. The van der Waals surface area contributed by atoms with Crippen molar-refractivity contribution in [3.63, 3.8) is 0 Å². The lowest BCUT2D eigenvalue weighted by molar-refractivity contribution is 0.0928. The van der Waals surface area contributed by atoms with Crippen LogP contribution in [0.25, 0.3) is 11.1 Å². The van der Waals surface area contributed by atoms with Crippen molar-refractivity contribution in [2.75, 3.05) is 6.54 Å². The molecule has 1 aromatic carbocycles. The zero-order valence-electron chi connectivity index (χ0n) is 13.2. The van der Waals surface area contributed by atoms with E-state index in [0.717, 1.165) is 28.9 Å². The van der Waals surface area contributed by atoms with E-state index in [4.69, 9.17) is 16.3 Å². The minimum absolute atomic E-state index is 0.127. The molecule has 1 aliphatic heterocycles. The van der Waals surface area contributed by atoms with Gasteiger partial charge < -0.3 is 10.1 Å². The third-order valence-electron chi connectivity index (χ3n) is 4.09. The average molecular weight is 371 g/mol. The summed E-state index contributed by atoms with van der Waals surface area (Å²) < 4.78 is 5.93. The third kappa shape index (κ3) is 3.38. The molecule has 0 radical (unpaired) electrons. The number of hydrogen-bond donors (Lipinski definition) is 1. The zero-order valence-corrected chi connectivity index (χ0v) is 14.8. The Kier molecular flexibility index (Phi) is 4.42. The standard InChI is InChI=1S/C19H15ClN2O2S/c20-16-9-13(12-4-6-25-11-12)7-14-8-15(24-18(14)16)10-22-19(23)17-3-1-2-5-21-17/h1-7,9,11,15H,8,10H2,(H,22,23)/t15-/m1/s1. The SMILES string of the molecule is O=C(NC[C@H]1Cc2cc(-c3ccsc3)cc(Cl)c2O1)c1ccccn1. The number of ether oxygens (including phenoxy) is 1. The predicted octanol–water partition coefficient (Wildman–Crippen LogP) is 4.20. The number of thiophene rings is 1. The summed E-state index contributed by atoms with van der Waals surface area (Å²) in [5.41, 5.74) is 3.72. The number of carbonyl (C=O) groups excluding carboxylic acids is 1. The Morgan fingerprint density at radius 2 is 2.24 bits per heavy atom. The van der Waals surface area contributed by atoms with Gasteiger partial charge in [0.2, 0.25) is 0 Å². The van der Waals surface area contributed by atoms with Crippen LogP contribution in [0.15, 0.2) is 53.4 Å². The summed E-state index contributed by atoms with van der Waals surface area (Å²) in [6.07, 6.45) is 2.19. The first-order valence-electron chi connectivity index (χ1n) is 7.91. The quantitative estimate of drug-likeness (QED) is 0.748. The first-order chi connectivity index (χ1) is 12.2. The van der Waals surface area contributed by atoms with Gasteiger partial charge >= 0.3 is 0 Å². The molecule has 0 saturated heterocycles. The number of carbonyl (C=O) groups is 1. The lowest BCUT2D eigenvalue weighted by atomic mass is 10.0. The van der Waals surface area contributed by atoms with Gasteiger partial charge in [-0.15, -0.1) is 0 Å². The second-order valence-electron chi connectivity index (χ2n) is 5.83. The van der Waals surface area contributed by atoms with Crippen LogP contribution in [0.2, 0.25) is 5.02 Å². The highest BCUT2D eigenvalue weighted by molar-refractivity contribution is 7.08. The smallest absolute Gasteiger partial charge is 0.270 e. The Balaban J connectivity index is 1.44. The van der Waals surface area contributed by atoms with Crippen LogP contribution < -0.4 is 10.1 Å². The molecule has 3 heterocycles. The summed E-state index contributed by atoms with van der Waals surface area (Å²) in [6, 6.07) is 11.4. The number of halogens is 1.